The Labute approximate surface area is 360 Å². The van der Waals surface area contributed by atoms with Crippen LogP contribution in [-0.4, -0.2) is 143 Å². The van der Waals surface area contributed by atoms with Crippen LogP contribution in [0.4, 0.5) is 79.0 Å². The summed E-state index contributed by atoms with van der Waals surface area (Å²) in [5.41, 5.74) is 0. The Morgan fingerprint density at radius 1 is 0.323 bits per heavy atom. The number of alkyl halides is 18. The third kappa shape index (κ3) is 16.7. The van der Waals surface area contributed by atoms with Gasteiger partial charge in [0.1, 0.15) is 0 Å². The maximum atomic E-state index is 12.2. The second-order valence-corrected chi connectivity index (χ2v) is 15.3. The summed E-state index contributed by atoms with van der Waals surface area (Å²) in [6.45, 7) is 11.6. The van der Waals surface area contributed by atoms with E-state index in [-0.39, 0.29) is 46.4 Å². The minimum Gasteiger partial charge on any atom is -0.343 e. The smallest absolute Gasteiger partial charge is 0.343 e. The van der Waals surface area contributed by atoms with Crippen molar-refractivity contribution in [3.63, 3.8) is 0 Å². The van der Waals surface area contributed by atoms with Crippen molar-refractivity contribution in [1.82, 2.24) is 0 Å². The van der Waals surface area contributed by atoms with Crippen LogP contribution in [0.1, 0.15) is 82.1 Å². The van der Waals surface area contributed by atoms with Crippen LogP contribution in [0.3, 0.4) is 0 Å². The lowest BCUT2D eigenvalue weighted by Gasteiger charge is -2.38. The molecule has 0 bridgehead atoms. The van der Waals surface area contributed by atoms with Crippen molar-refractivity contribution in [1.29, 1.82) is 0 Å². The Hall–Kier alpha value is -1.74. The number of rotatable bonds is 0. The lowest BCUT2D eigenvalue weighted by molar-refractivity contribution is -0.478. The largest absolute Gasteiger partial charge is 0.443 e. The Morgan fingerprint density at radius 3 is 0.815 bits per heavy atom. The highest BCUT2D eigenvalue weighted by atomic mass is 19.4. The first-order chi connectivity index (χ1) is 28.8. The van der Waals surface area contributed by atoms with Crippen molar-refractivity contribution >= 4 is 0 Å². The fourth-order valence-corrected chi connectivity index (χ4v) is 4.86. The minimum absolute atomic E-state index is 0.00396. The van der Waals surface area contributed by atoms with Crippen molar-refractivity contribution in [3.8, 4) is 0 Å². The molecule has 6 atom stereocenters. The van der Waals surface area contributed by atoms with Crippen molar-refractivity contribution in [2.45, 2.75) is 178 Å². The zero-order valence-corrected chi connectivity index (χ0v) is 36.4. The molecule has 0 aliphatic carbocycles. The van der Waals surface area contributed by atoms with Crippen LogP contribution in [0.2, 0.25) is 0 Å². The van der Waals surface area contributed by atoms with E-state index in [4.69, 9.17) is 4.74 Å². The summed E-state index contributed by atoms with van der Waals surface area (Å²) in [5.74, 6) is -14.3. The van der Waals surface area contributed by atoms with Gasteiger partial charge < -0.3 is 56.8 Å². The molecule has 6 fully saturated rings. The molecule has 6 rings (SSSR count). The Bertz CT molecular complexity index is 1370. The average Bonchev–Trinajstić information content (AvgIpc) is 3.80. The molecule has 0 aromatic rings. The first-order valence-corrected chi connectivity index (χ1v) is 19.1. The Morgan fingerprint density at radius 2 is 0.615 bits per heavy atom. The second kappa shape index (κ2) is 21.9. The fraction of sp³-hybridized carbons (Fsp3) is 1.00. The van der Waals surface area contributed by atoms with E-state index < -0.39 is 96.2 Å². The van der Waals surface area contributed by atoms with Gasteiger partial charge in [0.15, 0.2) is 6.79 Å². The molecule has 6 saturated heterocycles. The summed E-state index contributed by atoms with van der Waals surface area (Å²) in [5, 5.41) is 0. The highest BCUT2D eigenvalue weighted by Crippen LogP contribution is 2.43. The molecule has 30 heteroatoms. The van der Waals surface area contributed by atoms with Gasteiger partial charge in [-0.2, -0.15) is 79.0 Å². The SMILES string of the molecule is CC1(C(F)(F)F)OCCCO1.CC1(C(F)(F)F)OCCO1.CC1(C(F)(F)F)OCO1.CC1CCOC(C)(C(F)(F)F)O1.CC1COC(C)(C(F)(F)F)O1.CC1OC(C)(C(F)(F)F)OC1C. The number of hydrogen-bond donors (Lipinski definition) is 0. The van der Waals surface area contributed by atoms with E-state index in [0.717, 1.165) is 41.5 Å². The maximum absolute atomic E-state index is 12.2. The topological polar surface area (TPSA) is 111 Å². The second-order valence-electron chi connectivity index (χ2n) is 15.3. The molecule has 0 aromatic carbocycles. The van der Waals surface area contributed by atoms with E-state index >= 15 is 0 Å². The van der Waals surface area contributed by atoms with Gasteiger partial charge in [-0.25, -0.2) is 0 Å². The molecule has 6 heterocycles. The quantitative estimate of drug-likeness (QED) is 0.216. The van der Waals surface area contributed by atoms with Crippen LogP contribution in [0, 0.1) is 0 Å². The average molecular weight is 1010 g/mol. The minimum atomic E-state index is -4.47. The highest BCUT2D eigenvalue weighted by molar-refractivity contribution is 4.84. The van der Waals surface area contributed by atoms with Crippen LogP contribution in [-0.2, 0) is 56.8 Å². The summed E-state index contributed by atoms with van der Waals surface area (Å²) in [6, 6.07) is 0. The van der Waals surface area contributed by atoms with Gasteiger partial charge in [-0.15, -0.1) is 0 Å². The monoisotopic (exact) mass is 1010 g/mol. The molecular formula is C35H52F18O12. The maximum Gasteiger partial charge on any atom is 0.443 e. The lowest BCUT2D eigenvalue weighted by Crippen LogP contribution is -2.55. The summed E-state index contributed by atoms with van der Waals surface area (Å²) in [4.78, 5) is 0. The molecule has 0 N–H and O–H groups in total. The van der Waals surface area contributed by atoms with E-state index in [1.165, 1.54) is 6.92 Å². The van der Waals surface area contributed by atoms with Crippen molar-refractivity contribution in [2.75, 3.05) is 46.4 Å². The Kier molecular flexibility index (Phi) is 20.7. The van der Waals surface area contributed by atoms with E-state index in [2.05, 4.69) is 52.1 Å². The van der Waals surface area contributed by atoms with Crippen LogP contribution in [0.5, 0.6) is 0 Å². The molecule has 390 valence electrons. The van der Waals surface area contributed by atoms with Gasteiger partial charge in [0.25, 0.3) is 34.7 Å². The van der Waals surface area contributed by atoms with Gasteiger partial charge in [0.2, 0.25) is 0 Å². The first-order valence-electron chi connectivity index (χ1n) is 19.1. The predicted molar refractivity (Wildman–Crippen MR) is 181 cm³/mol. The summed E-state index contributed by atoms with van der Waals surface area (Å²) in [7, 11) is 0. The molecule has 6 aliphatic rings. The molecule has 0 radical (unpaired) electrons. The van der Waals surface area contributed by atoms with Crippen molar-refractivity contribution in [3.05, 3.63) is 0 Å². The fourth-order valence-electron chi connectivity index (χ4n) is 4.86. The van der Waals surface area contributed by atoms with E-state index in [1.807, 2.05) is 0 Å². The van der Waals surface area contributed by atoms with Gasteiger partial charge in [-0.3, -0.25) is 0 Å². The van der Waals surface area contributed by atoms with Crippen molar-refractivity contribution in [2.24, 2.45) is 0 Å². The molecule has 0 saturated carbocycles. The summed E-state index contributed by atoms with van der Waals surface area (Å²) >= 11 is 0. The first kappa shape index (κ1) is 61.3. The third-order valence-electron chi connectivity index (χ3n) is 9.47. The predicted octanol–water partition coefficient (Wildman–Crippen LogP) is 10.2. The number of hydrogen-bond acceptors (Lipinski definition) is 12. The van der Waals surface area contributed by atoms with E-state index in [0.29, 0.717) is 12.8 Å². The van der Waals surface area contributed by atoms with Crippen LogP contribution >= 0.6 is 0 Å². The zero-order chi connectivity index (χ0) is 51.2. The standard InChI is InChI=1S/2C7H11F3O2.2C6H9F3O2.C5H7F3O2.C4H5F3O2/c1-5-3-4-11-6(2,12-5)7(8,9)10;1-4-5(2)12-6(3,11-4)7(8,9)10;1-4-3-10-5(2,11-4)6(7,8)9;1-5(6(7,8)9)10-3-2-4-11-5;1-4(5(6,7)8)9-2-3-10-4;1-3(4(5,6)7)8-2-9-3/h5H,3-4H2,1-2H3;4-5H,1-3H3;4H,3H2,1-2H3;2-4H2,1H3;2-3H2,1H3;2H2,1H3. The summed E-state index contributed by atoms with van der Waals surface area (Å²) in [6.07, 6.45) is -27.5. The molecule has 6 unspecified atom stereocenters. The van der Waals surface area contributed by atoms with Gasteiger partial charge >= 0.3 is 37.1 Å². The summed E-state index contributed by atoms with van der Waals surface area (Å²) < 4.78 is 270. The highest BCUT2D eigenvalue weighted by Gasteiger charge is 2.62. The molecule has 0 aromatic heterocycles. The number of ether oxygens (including phenoxy) is 12. The molecule has 6 aliphatic heterocycles. The van der Waals surface area contributed by atoms with Crippen LogP contribution in [0.15, 0.2) is 0 Å². The van der Waals surface area contributed by atoms with Crippen molar-refractivity contribution < 1.29 is 136 Å². The molecule has 12 nitrogen and oxygen atoms in total. The molecule has 65 heavy (non-hydrogen) atoms. The number of halogens is 18. The van der Waals surface area contributed by atoms with E-state index in [9.17, 15) is 79.0 Å². The molecule has 0 amide bonds. The Balaban J connectivity index is 0.000000391. The third-order valence-corrected chi connectivity index (χ3v) is 9.47. The van der Waals surface area contributed by atoms with Gasteiger partial charge in [-0.05, 0) is 82.1 Å². The lowest BCUT2D eigenvalue weighted by atomic mass is 10.2. The molecular weight excluding hydrogens is 954 g/mol. The van der Waals surface area contributed by atoms with Gasteiger partial charge in [0, 0.05) is 0 Å². The van der Waals surface area contributed by atoms with Gasteiger partial charge in [0.05, 0.1) is 64.1 Å². The molecule has 0 spiro atoms. The van der Waals surface area contributed by atoms with Crippen LogP contribution in [0.25, 0.3) is 0 Å². The van der Waals surface area contributed by atoms with E-state index in [1.54, 1.807) is 20.8 Å². The zero-order valence-electron chi connectivity index (χ0n) is 36.4. The van der Waals surface area contributed by atoms with Crippen LogP contribution < -0.4 is 0 Å². The van der Waals surface area contributed by atoms with Gasteiger partial charge in [-0.1, -0.05) is 0 Å². The normalized spacial score (nSPS) is 33.4.